The summed E-state index contributed by atoms with van der Waals surface area (Å²) in [7, 11) is 1.52. The summed E-state index contributed by atoms with van der Waals surface area (Å²) >= 11 is 1.53. The number of thiazole rings is 1. The SMILES string of the molecule is COCC(O)CCNC(=O)c1coc(-c2csc(C)n2)c1. The van der Waals surface area contributed by atoms with Gasteiger partial charge in [0.1, 0.15) is 12.0 Å². The van der Waals surface area contributed by atoms with Gasteiger partial charge in [-0.05, 0) is 19.4 Å². The molecule has 1 atom stereocenters. The van der Waals surface area contributed by atoms with Gasteiger partial charge in [-0.15, -0.1) is 11.3 Å². The number of methoxy groups -OCH3 is 1. The second-order valence-corrected chi connectivity index (χ2v) is 5.67. The van der Waals surface area contributed by atoms with E-state index in [4.69, 9.17) is 9.15 Å². The molecule has 0 saturated heterocycles. The lowest BCUT2D eigenvalue weighted by Gasteiger charge is -2.09. The van der Waals surface area contributed by atoms with Crippen LogP contribution >= 0.6 is 11.3 Å². The molecule has 21 heavy (non-hydrogen) atoms. The van der Waals surface area contributed by atoms with Crippen LogP contribution in [-0.2, 0) is 4.74 Å². The Kier molecular flexibility index (Phi) is 5.49. The zero-order valence-electron chi connectivity index (χ0n) is 12.0. The Labute approximate surface area is 126 Å². The molecule has 2 rings (SSSR count). The molecule has 0 spiro atoms. The standard InChI is InChI=1S/C14H18N2O4S/c1-9-16-12(8-21-9)13-5-10(6-20-13)14(18)15-4-3-11(17)7-19-2/h5-6,8,11,17H,3-4,7H2,1-2H3,(H,15,18). The first-order valence-corrected chi connectivity index (χ1v) is 7.44. The number of ether oxygens (including phenoxy) is 1. The van der Waals surface area contributed by atoms with Gasteiger partial charge in [0, 0.05) is 19.0 Å². The summed E-state index contributed by atoms with van der Waals surface area (Å²) in [6.07, 6.45) is 1.27. The summed E-state index contributed by atoms with van der Waals surface area (Å²) in [5.74, 6) is 0.338. The minimum Gasteiger partial charge on any atom is -0.462 e. The third-order valence-electron chi connectivity index (χ3n) is 2.86. The first-order valence-electron chi connectivity index (χ1n) is 6.56. The Hall–Kier alpha value is -1.70. The highest BCUT2D eigenvalue weighted by Crippen LogP contribution is 2.23. The maximum Gasteiger partial charge on any atom is 0.254 e. The lowest BCUT2D eigenvalue weighted by atomic mass is 10.2. The summed E-state index contributed by atoms with van der Waals surface area (Å²) in [5, 5.41) is 15.0. The number of hydrogen-bond acceptors (Lipinski definition) is 6. The molecule has 114 valence electrons. The van der Waals surface area contributed by atoms with Crippen molar-refractivity contribution in [2.75, 3.05) is 20.3 Å². The van der Waals surface area contributed by atoms with E-state index in [2.05, 4.69) is 10.3 Å². The van der Waals surface area contributed by atoms with Crippen molar-refractivity contribution in [2.24, 2.45) is 0 Å². The summed E-state index contributed by atoms with van der Waals surface area (Å²) in [6, 6.07) is 1.66. The Morgan fingerprint density at radius 2 is 2.43 bits per heavy atom. The average molecular weight is 310 g/mol. The molecular formula is C14H18N2O4S. The van der Waals surface area contributed by atoms with Crippen molar-refractivity contribution in [1.29, 1.82) is 0 Å². The predicted octanol–water partition coefficient (Wildman–Crippen LogP) is 1.84. The van der Waals surface area contributed by atoms with Crippen LogP contribution in [0.2, 0.25) is 0 Å². The average Bonchev–Trinajstić information content (AvgIpc) is 3.07. The van der Waals surface area contributed by atoms with Crippen molar-refractivity contribution in [3.8, 4) is 11.5 Å². The number of nitrogens with one attached hydrogen (secondary N) is 1. The molecule has 0 aliphatic carbocycles. The van der Waals surface area contributed by atoms with Crippen LogP contribution in [-0.4, -0.2) is 42.4 Å². The fraction of sp³-hybridized carbons (Fsp3) is 0.429. The fourth-order valence-electron chi connectivity index (χ4n) is 1.80. The molecule has 2 N–H and O–H groups in total. The maximum absolute atomic E-state index is 11.9. The van der Waals surface area contributed by atoms with Gasteiger partial charge in [0.25, 0.3) is 5.91 Å². The number of carbonyl (C=O) groups is 1. The molecule has 0 fully saturated rings. The largest absolute Gasteiger partial charge is 0.462 e. The summed E-state index contributed by atoms with van der Waals surface area (Å²) in [6.45, 7) is 2.55. The molecule has 0 aliphatic heterocycles. The molecule has 1 unspecified atom stereocenters. The van der Waals surface area contributed by atoms with E-state index in [1.165, 1.54) is 24.7 Å². The number of nitrogens with zero attached hydrogens (tertiary/aromatic N) is 1. The van der Waals surface area contributed by atoms with Gasteiger partial charge in [-0.3, -0.25) is 4.79 Å². The van der Waals surface area contributed by atoms with Crippen LogP contribution in [0.5, 0.6) is 0 Å². The van der Waals surface area contributed by atoms with Crippen LogP contribution in [0, 0.1) is 6.92 Å². The van der Waals surface area contributed by atoms with Crippen molar-refractivity contribution < 1.29 is 19.1 Å². The highest BCUT2D eigenvalue weighted by Gasteiger charge is 2.13. The van der Waals surface area contributed by atoms with Crippen LogP contribution < -0.4 is 5.32 Å². The summed E-state index contributed by atoms with van der Waals surface area (Å²) < 4.78 is 10.2. The number of aliphatic hydroxyl groups excluding tert-OH is 1. The number of amides is 1. The van der Waals surface area contributed by atoms with Crippen LogP contribution in [0.3, 0.4) is 0 Å². The summed E-state index contributed by atoms with van der Waals surface area (Å²) in [5.41, 5.74) is 1.17. The number of aryl methyl sites for hydroxylation is 1. The smallest absolute Gasteiger partial charge is 0.254 e. The molecule has 6 nitrogen and oxygen atoms in total. The molecule has 0 aliphatic rings. The third-order valence-corrected chi connectivity index (χ3v) is 3.63. The van der Waals surface area contributed by atoms with Crippen LogP contribution in [0.4, 0.5) is 0 Å². The van der Waals surface area contributed by atoms with E-state index in [1.54, 1.807) is 6.07 Å². The number of carbonyl (C=O) groups excluding carboxylic acids is 1. The van der Waals surface area contributed by atoms with E-state index in [0.717, 1.165) is 10.7 Å². The van der Waals surface area contributed by atoms with Gasteiger partial charge >= 0.3 is 0 Å². The minimum atomic E-state index is -0.576. The van der Waals surface area contributed by atoms with E-state index in [9.17, 15) is 9.90 Å². The normalized spacial score (nSPS) is 12.3. The van der Waals surface area contributed by atoms with Crippen molar-refractivity contribution in [1.82, 2.24) is 10.3 Å². The maximum atomic E-state index is 11.9. The van der Waals surface area contributed by atoms with Crippen molar-refractivity contribution >= 4 is 17.2 Å². The molecule has 0 aromatic carbocycles. The van der Waals surface area contributed by atoms with E-state index in [0.29, 0.717) is 24.3 Å². The van der Waals surface area contributed by atoms with Gasteiger partial charge in [-0.2, -0.15) is 0 Å². The van der Waals surface area contributed by atoms with Crippen molar-refractivity contribution in [2.45, 2.75) is 19.4 Å². The lowest BCUT2D eigenvalue weighted by molar-refractivity contribution is 0.0587. The molecular weight excluding hydrogens is 292 g/mol. The highest BCUT2D eigenvalue weighted by atomic mass is 32.1. The lowest BCUT2D eigenvalue weighted by Crippen LogP contribution is -2.28. The third kappa shape index (κ3) is 4.38. The van der Waals surface area contributed by atoms with Gasteiger partial charge in [-0.1, -0.05) is 0 Å². The monoisotopic (exact) mass is 310 g/mol. The first-order chi connectivity index (χ1) is 10.1. The van der Waals surface area contributed by atoms with Gasteiger partial charge in [-0.25, -0.2) is 4.98 Å². The quantitative estimate of drug-likeness (QED) is 0.815. The van der Waals surface area contributed by atoms with Gasteiger partial charge in [0.05, 0.1) is 23.3 Å². The van der Waals surface area contributed by atoms with Gasteiger partial charge in [0.2, 0.25) is 0 Å². The number of furan rings is 1. The fourth-order valence-corrected chi connectivity index (χ4v) is 2.40. The van der Waals surface area contributed by atoms with Gasteiger partial charge < -0.3 is 19.6 Å². The Balaban J connectivity index is 1.87. The molecule has 2 heterocycles. The van der Waals surface area contributed by atoms with Crippen LogP contribution in [0.25, 0.3) is 11.5 Å². The van der Waals surface area contributed by atoms with Gasteiger partial charge in [0.15, 0.2) is 5.76 Å². The number of rotatable bonds is 7. The number of aromatic nitrogens is 1. The molecule has 7 heteroatoms. The van der Waals surface area contributed by atoms with Crippen molar-refractivity contribution in [3.63, 3.8) is 0 Å². The zero-order chi connectivity index (χ0) is 15.2. The Morgan fingerprint density at radius 3 is 3.10 bits per heavy atom. The molecule has 0 radical (unpaired) electrons. The predicted molar refractivity (Wildman–Crippen MR) is 79.4 cm³/mol. The Bertz CT molecular complexity index is 593. The van der Waals surface area contributed by atoms with E-state index < -0.39 is 6.10 Å². The topological polar surface area (TPSA) is 84.6 Å². The minimum absolute atomic E-state index is 0.235. The van der Waals surface area contributed by atoms with Crippen LogP contribution in [0.15, 0.2) is 22.1 Å². The number of hydrogen-bond donors (Lipinski definition) is 2. The number of aliphatic hydroxyl groups is 1. The molecule has 0 bridgehead atoms. The highest BCUT2D eigenvalue weighted by molar-refractivity contribution is 7.09. The second kappa shape index (κ2) is 7.35. The Morgan fingerprint density at radius 1 is 1.62 bits per heavy atom. The molecule has 2 aromatic rings. The van der Waals surface area contributed by atoms with E-state index in [-0.39, 0.29) is 12.5 Å². The van der Waals surface area contributed by atoms with Crippen molar-refractivity contribution in [3.05, 3.63) is 28.3 Å². The zero-order valence-corrected chi connectivity index (χ0v) is 12.8. The van der Waals surface area contributed by atoms with E-state index in [1.807, 2.05) is 12.3 Å². The van der Waals surface area contributed by atoms with E-state index >= 15 is 0 Å². The molecule has 2 aromatic heterocycles. The summed E-state index contributed by atoms with van der Waals surface area (Å²) in [4.78, 5) is 16.2. The first kappa shape index (κ1) is 15.7. The van der Waals surface area contributed by atoms with Crippen LogP contribution in [0.1, 0.15) is 21.8 Å². The second-order valence-electron chi connectivity index (χ2n) is 4.61. The molecule has 0 saturated carbocycles. The molecule has 1 amide bonds.